The first-order valence-electron chi connectivity index (χ1n) is 6.28. The number of nitrogens with one attached hydrogen (secondary N) is 1. The Bertz CT molecular complexity index is 685. The molecule has 0 radical (unpaired) electrons. The Morgan fingerprint density at radius 2 is 2.26 bits per heavy atom. The molecule has 1 N–H and O–H groups in total. The maximum atomic E-state index is 11.6. The molecule has 4 heteroatoms. The molecular formula is C15H16N2O2. The number of aromatic amines is 1. The second-order valence-electron chi connectivity index (χ2n) is 4.76. The van der Waals surface area contributed by atoms with E-state index in [0.717, 1.165) is 29.1 Å². The van der Waals surface area contributed by atoms with Crippen molar-refractivity contribution in [2.75, 3.05) is 13.7 Å². The van der Waals surface area contributed by atoms with Gasteiger partial charge in [0.15, 0.2) is 0 Å². The summed E-state index contributed by atoms with van der Waals surface area (Å²) in [6, 6.07) is 5.98. The molecule has 98 valence electrons. The summed E-state index contributed by atoms with van der Waals surface area (Å²) in [6.45, 7) is 6.30. The highest BCUT2D eigenvalue weighted by molar-refractivity contribution is 5.93. The van der Waals surface area contributed by atoms with Gasteiger partial charge in [0.25, 0.3) is 0 Å². The zero-order chi connectivity index (χ0) is 13.6. The van der Waals surface area contributed by atoms with Gasteiger partial charge in [-0.3, -0.25) is 4.79 Å². The molecule has 1 aromatic carbocycles. The van der Waals surface area contributed by atoms with E-state index in [4.69, 9.17) is 4.74 Å². The van der Waals surface area contributed by atoms with Gasteiger partial charge in [0, 0.05) is 30.4 Å². The predicted octanol–water partition coefficient (Wildman–Crippen LogP) is 2.55. The number of benzene rings is 1. The Kier molecular flexibility index (Phi) is 2.59. The summed E-state index contributed by atoms with van der Waals surface area (Å²) in [5, 5.41) is 1.18. The second kappa shape index (κ2) is 4.16. The lowest BCUT2D eigenvalue weighted by atomic mass is 10.0. The smallest absolute Gasteiger partial charge is 0.223 e. The molecule has 2 heterocycles. The van der Waals surface area contributed by atoms with Gasteiger partial charge >= 0.3 is 0 Å². The molecule has 0 unspecified atom stereocenters. The third-order valence-corrected chi connectivity index (χ3v) is 3.69. The molecule has 1 aliphatic rings. The summed E-state index contributed by atoms with van der Waals surface area (Å²) >= 11 is 0. The maximum absolute atomic E-state index is 11.6. The highest BCUT2D eigenvalue weighted by Crippen LogP contribution is 2.34. The standard InChI is InChI=1S/C15H16N2O2/c1-9-15-13(6-7-17(9)10(2)18)12-5-4-11(19-3)8-14(12)16-15/h4-5,8,16H,1,6-7H2,2-3H3. The number of carbonyl (C=O) groups is 1. The zero-order valence-electron chi connectivity index (χ0n) is 11.1. The number of nitrogens with zero attached hydrogens (tertiary/aromatic N) is 1. The largest absolute Gasteiger partial charge is 0.497 e. The minimum Gasteiger partial charge on any atom is -0.497 e. The van der Waals surface area contributed by atoms with E-state index in [1.165, 1.54) is 10.9 Å². The molecule has 0 aliphatic carbocycles. The van der Waals surface area contributed by atoms with Crippen molar-refractivity contribution in [3.63, 3.8) is 0 Å². The molecule has 0 bridgehead atoms. The number of hydrogen-bond donors (Lipinski definition) is 1. The Balaban J connectivity index is 2.15. The SMILES string of the molecule is C=C1c2[nH]c3cc(OC)ccc3c2CCN1C(C)=O. The van der Waals surface area contributed by atoms with E-state index in [1.807, 2.05) is 12.1 Å². The van der Waals surface area contributed by atoms with Crippen molar-refractivity contribution in [2.45, 2.75) is 13.3 Å². The molecule has 19 heavy (non-hydrogen) atoms. The van der Waals surface area contributed by atoms with Gasteiger partial charge in [-0.15, -0.1) is 0 Å². The highest BCUT2D eigenvalue weighted by atomic mass is 16.5. The Morgan fingerprint density at radius 3 is 2.95 bits per heavy atom. The van der Waals surface area contributed by atoms with Crippen LogP contribution in [0, 0.1) is 0 Å². The van der Waals surface area contributed by atoms with Gasteiger partial charge in [0.05, 0.1) is 18.5 Å². The van der Waals surface area contributed by atoms with Crippen LogP contribution in [0.4, 0.5) is 0 Å². The number of amides is 1. The third-order valence-electron chi connectivity index (χ3n) is 3.69. The van der Waals surface area contributed by atoms with Gasteiger partial charge in [-0.1, -0.05) is 6.58 Å². The number of carbonyl (C=O) groups excluding carboxylic acids is 1. The van der Waals surface area contributed by atoms with E-state index in [2.05, 4.69) is 17.6 Å². The molecule has 2 aromatic rings. The van der Waals surface area contributed by atoms with Crippen molar-refractivity contribution < 1.29 is 9.53 Å². The first-order valence-corrected chi connectivity index (χ1v) is 6.28. The van der Waals surface area contributed by atoms with Crippen LogP contribution in [0.1, 0.15) is 18.2 Å². The number of H-pyrrole nitrogens is 1. The number of hydrogen-bond acceptors (Lipinski definition) is 2. The molecule has 0 saturated carbocycles. The number of methoxy groups -OCH3 is 1. The zero-order valence-corrected chi connectivity index (χ0v) is 11.1. The quantitative estimate of drug-likeness (QED) is 0.852. The van der Waals surface area contributed by atoms with Crippen molar-refractivity contribution in [1.29, 1.82) is 0 Å². The van der Waals surface area contributed by atoms with Gasteiger partial charge in [0.1, 0.15) is 5.75 Å². The van der Waals surface area contributed by atoms with Crippen LogP contribution in [-0.4, -0.2) is 29.4 Å². The first-order chi connectivity index (χ1) is 9.11. The van der Waals surface area contributed by atoms with E-state index < -0.39 is 0 Å². The molecule has 1 aliphatic heterocycles. The van der Waals surface area contributed by atoms with E-state index >= 15 is 0 Å². The lowest BCUT2D eigenvalue weighted by Gasteiger charge is -2.28. The molecule has 0 atom stereocenters. The van der Waals surface area contributed by atoms with Crippen molar-refractivity contribution >= 4 is 22.5 Å². The van der Waals surface area contributed by atoms with Crippen LogP contribution in [0.2, 0.25) is 0 Å². The van der Waals surface area contributed by atoms with Crippen molar-refractivity contribution in [3.8, 4) is 5.75 Å². The number of aromatic nitrogens is 1. The number of fused-ring (bicyclic) bond motifs is 3. The van der Waals surface area contributed by atoms with E-state index in [1.54, 1.807) is 18.9 Å². The summed E-state index contributed by atoms with van der Waals surface area (Å²) in [4.78, 5) is 16.6. The minimum atomic E-state index is 0.0342. The number of rotatable bonds is 1. The lowest BCUT2D eigenvalue weighted by Crippen LogP contribution is -2.32. The maximum Gasteiger partial charge on any atom is 0.223 e. The molecular weight excluding hydrogens is 240 g/mol. The molecule has 1 aromatic heterocycles. The van der Waals surface area contributed by atoms with Crippen LogP contribution in [-0.2, 0) is 11.2 Å². The monoisotopic (exact) mass is 256 g/mol. The first kappa shape index (κ1) is 11.8. The van der Waals surface area contributed by atoms with Gasteiger partial charge in [-0.2, -0.15) is 0 Å². The van der Waals surface area contributed by atoms with Crippen LogP contribution in [0.3, 0.4) is 0 Å². The van der Waals surface area contributed by atoms with Crippen LogP contribution in [0.5, 0.6) is 5.75 Å². The van der Waals surface area contributed by atoms with Gasteiger partial charge < -0.3 is 14.6 Å². The highest BCUT2D eigenvalue weighted by Gasteiger charge is 2.25. The topological polar surface area (TPSA) is 45.3 Å². The average molecular weight is 256 g/mol. The summed E-state index contributed by atoms with van der Waals surface area (Å²) in [6.07, 6.45) is 0.847. The van der Waals surface area contributed by atoms with Crippen molar-refractivity contribution in [2.24, 2.45) is 0 Å². The summed E-state index contributed by atoms with van der Waals surface area (Å²) in [5.74, 6) is 0.854. The van der Waals surface area contributed by atoms with E-state index in [9.17, 15) is 4.79 Å². The molecule has 4 nitrogen and oxygen atoms in total. The molecule has 0 fully saturated rings. The summed E-state index contributed by atoms with van der Waals surface area (Å²) in [5.41, 5.74) is 3.98. The predicted molar refractivity (Wildman–Crippen MR) is 75.0 cm³/mol. The molecule has 0 spiro atoms. The van der Waals surface area contributed by atoms with Crippen LogP contribution < -0.4 is 4.74 Å². The molecule has 0 saturated heterocycles. The molecule has 3 rings (SSSR count). The van der Waals surface area contributed by atoms with Gasteiger partial charge in [0.2, 0.25) is 5.91 Å². The fourth-order valence-corrected chi connectivity index (χ4v) is 2.71. The third kappa shape index (κ3) is 1.71. The van der Waals surface area contributed by atoms with E-state index in [-0.39, 0.29) is 5.91 Å². The van der Waals surface area contributed by atoms with Crippen LogP contribution in [0.25, 0.3) is 16.6 Å². The lowest BCUT2D eigenvalue weighted by molar-refractivity contribution is -0.125. The Morgan fingerprint density at radius 1 is 1.47 bits per heavy atom. The normalized spacial score (nSPS) is 14.6. The van der Waals surface area contributed by atoms with Crippen molar-refractivity contribution in [3.05, 3.63) is 36.0 Å². The number of ether oxygens (including phenoxy) is 1. The fourth-order valence-electron chi connectivity index (χ4n) is 2.71. The second-order valence-corrected chi connectivity index (χ2v) is 4.76. The summed E-state index contributed by atoms with van der Waals surface area (Å²) in [7, 11) is 1.65. The minimum absolute atomic E-state index is 0.0342. The Labute approximate surface area is 111 Å². The Hall–Kier alpha value is -2.23. The van der Waals surface area contributed by atoms with E-state index in [0.29, 0.717) is 6.54 Å². The fraction of sp³-hybridized carbons (Fsp3) is 0.267. The van der Waals surface area contributed by atoms with Gasteiger partial charge in [-0.25, -0.2) is 0 Å². The van der Waals surface area contributed by atoms with Crippen LogP contribution >= 0.6 is 0 Å². The van der Waals surface area contributed by atoms with Crippen LogP contribution in [0.15, 0.2) is 24.8 Å². The molecule has 1 amide bonds. The average Bonchev–Trinajstić information content (AvgIpc) is 2.77. The van der Waals surface area contributed by atoms with Gasteiger partial charge in [-0.05, 0) is 24.1 Å². The van der Waals surface area contributed by atoms with Crippen molar-refractivity contribution in [1.82, 2.24) is 9.88 Å². The summed E-state index contributed by atoms with van der Waals surface area (Å²) < 4.78 is 5.23.